The van der Waals surface area contributed by atoms with Crippen LogP contribution in [0.15, 0.2) is 79.0 Å². The van der Waals surface area contributed by atoms with Gasteiger partial charge < -0.3 is 24.8 Å². The Hall–Kier alpha value is -4.61. The van der Waals surface area contributed by atoms with Crippen molar-refractivity contribution in [3.05, 3.63) is 101 Å². The standard InChI is InChI=1S/C36H40FN5O5/c1-23-32(35(2,3)37)31(17-19-41-22-27(18-20-43)39-40-41)47-36(23)29-7-5-6-8-30(29)42(34(36)45)21-24-9-13-26(14-10-24)38-33(44)25-11-15-28(46-4)16-12-25/h5-16,22-23,31-32,43H,17-21H2,1-4H3,(H,38,44)/t23-,31+,32-,36+/m0/s1. The lowest BCUT2D eigenvalue weighted by atomic mass is 9.71. The highest BCUT2D eigenvalue weighted by molar-refractivity contribution is 6.07. The molecule has 0 radical (unpaired) electrons. The van der Waals surface area contributed by atoms with Gasteiger partial charge in [-0.2, -0.15) is 0 Å². The van der Waals surface area contributed by atoms with Gasteiger partial charge in [0.2, 0.25) is 0 Å². The van der Waals surface area contributed by atoms with E-state index in [-0.39, 0.29) is 25.0 Å². The number of benzene rings is 3. The van der Waals surface area contributed by atoms with Gasteiger partial charge in [0.05, 0.1) is 31.1 Å². The number of alkyl halides is 1. The number of halogens is 1. The molecule has 2 N–H and O–H groups in total. The Labute approximate surface area is 273 Å². The first-order valence-electron chi connectivity index (χ1n) is 15.9. The number of anilines is 2. The van der Waals surface area contributed by atoms with Gasteiger partial charge in [-0.3, -0.25) is 14.3 Å². The molecule has 1 saturated heterocycles. The van der Waals surface area contributed by atoms with E-state index in [0.29, 0.717) is 42.1 Å². The van der Waals surface area contributed by atoms with E-state index in [0.717, 1.165) is 16.8 Å². The fraction of sp³-hybridized carbons (Fsp3) is 0.389. The molecule has 1 aromatic heterocycles. The van der Waals surface area contributed by atoms with Crippen LogP contribution in [0.2, 0.25) is 0 Å². The lowest BCUT2D eigenvalue weighted by Gasteiger charge is -2.32. The number of aliphatic hydroxyl groups is 1. The maximum atomic E-state index is 16.0. The van der Waals surface area contributed by atoms with E-state index in [9.17, 15) is 14.7 Å². The SMILES string of the molecule is COc1ccc(C(=O)Nc2ccc(CN3C(=O)[C@]4(O[C@H](CCn5cc(CCO)nn5)[C@@H](C(C)(C)F)[C@@H]4C)c4ccccc43)cc2)cc1. The van der Waals surface area contributed by atoms with Gasteiger partial charge in [-0.1, -0.05) is 42.5 Å². The Morgan fingerprint density at radius 2 is 1.83 bits per heavy atom. The summed E-state index contributed by atoms with van der Waals surface area (Å²) in [4.78, 5) is 29.0. The number of carbonyl (C=O) groups excluding carboxylic acids is 2. The summed E-state index contributed by atoms with van der Waals surface area (Å²) in [6, 6.07) is 21.8. The largest absolute Gasteiger partial charge is 0.497 e. The molecule has 2 amide bonds. The molecule has 11 heteroatoms. The highest BCUT2D eigenvalue weighted by atomic mass is 19.1. The lowest BCUT2D eigenvalue weighted by Crippen LogP contribution is -2.45. The first kappa shape index (κ1) is 32.3. The van der Waals surface area contributed by atoms with Crippen LogP contribution in [0.5, 0.6) is 5.75 Å². The Kier molecular flexibility index (Phi) is 8.86. The molecule has 0 aliphatic carbocycles. The molecule has 0 unspecified atom stereocenters. The number of rotatable bonds is 11. The summed E-state index contributed by atoms with van der Waals surface area (Å²) in [5.74, 6) is -0.808. The van der Waals surface area contributed by atoms with E-state index in [1.165, 1.54) is 0 Å². The number of aryl methyl sites for hydroxylation is 1. The van der Waals surface area contributed by atoms with Crippen LogP contribution in [0.1, 0.15) is 54.4 Å². The van der Waals surface area contributed by atoms with Gasteiger partial charge in [-0.05, 0) is 68.3 Å². The molecule has 0 bridgehead atoms. The topological polar surface area (TPSA) is 119 Å². The first-order chi connectivity index (χ1) is 22.5. The van der Waals surface area contributed by atoms with Crippen LogP contribution >= 0.6 is 0 Å². The molecule has 2 aliphatic rings. The van der Waals surface area contributed by atoms with Gasteiger partial charge in [-0.25, -0.2) is 4.39 Å². The Morgan fingerprint density at radius 1 is 1.11 bits per heavy atom. The van der Waals surface area contributed by atoms with Crippen molar-refractivity contribution < 1.29 is 28.6 Å². The van der Waals surface area contributed by atoms with Crippen LogP contribution in [-0.4, -0.2) is 57.4 Å². The number of hydrogen-bond acceptors (Lipinski definition) is 7. The number of aliphatic hydroxyl groups excluding tert-OH is 1. The summed E-state index contributed by atoms with van der Waals surface area (Å²) in [6.07, 6.45) is 2.06. The Balaban J connectivity index is 1.22. The lowest BCUT2D eigenvalue weighted by molar-refractivity contribution is -0.146. The van der Waals surface area contributed by atoms with Gasteiger partial charge in [0, 0.05) is 54.4 Å². The summed E-state index contributed by atoms with van der Waals surface area (Å²) >= 11 is 0. The molecule has 10 nitrogen and oxygen atoms in total. The average molecular weight is 642 g/mol. The normalized spacial score (nSPS) is 22.1. The molecule has 6 rings (SSSR count). The minimum atomic E-state index is -1.62. The van der Waals surface area contributed by atoms with E-state index in [2.05, 4.69) is 15.6 Å². The molecule has 3 heterocycles. The summed E-state index contributed by atoms with van der Waals surface area (Å²) < 4.78 is 29.6. The number of aromatic nitrogens is 3. The zero-order valence-corrected chi connectivity index (χ0v) is 27.0. The van der Waals surface area contributed by atoms with Crippen LogP contribution in [-0.2, 0) is 34.6 Å². The molecular formula is C36H40FN5O5. The van der Waals surface area contributed by atoms with Gasteiger partial charge in [0.25, 0.3) is 11.8 Å². The van der Waals surface area contributed by atoms with Crippen LogP contribution < -0.4 is 15.0 Å². The van der Waals surface area contributed by atoms with Crippen molar-refractivity contribution in [3.8, 4) is 5.75 Å². The smallest absolute Gasteiger partial charge is 0.264 e. The second-order valence-electron chi connectivity index (χ2n) is 12.8. The summed E-state index contributed by atoms with van der Waals surface area (Å²) in [5, 5.41) is 20.4. The van der Waals surface area contributed by atoms with Crippen molar-refractivity contribution in [1.29, 1.82) is 0 Å². The van der Waals surface area contributed by atoms with Crippen molar-refractivity contribution in [2.45, 2.75) is 64.1 Å². The number of carbonyl (C=O) groups is 2. The summed E-state index contributed by atoms with van der Waals surface area (Å²) in [6.45, 7) is 5.71. The van der Waals surface area contributed by atoms with Gasteiger partial charge in [-0.15, -0.1) is 5.10 Å². The first-order valence-corrected chi connectivity index (χ1v) is 15.9. The van der Waals surface area contributed by atoms with Gasteiger partial charge >= 0.3 is 0 Å². The third-order valence-electron chi connectivity index (χ3n) is 9.37. The summed E-state index contributed by atoms with van der Waals surface area (Å²) in [7, 11) is 1.57. The van der Waals surface area contributed by atoms with Crippen LogP contribution in [0.3, 0.4) is 0 Å². The maximum Gasteiger partial charge on any atom is 0.264 e. The molecule has 3 aromatic carbocycles. The number of nitrogens with zero attached hydrogens (tertiary/aromatic N) is 4. The van der Waals surface area contributed by atoms with E-state index in [1.807, 2.05) is 55.5 Å². The van der Waals surface area contributed by atoms with Crippen LogP contribution in [0, 0.1) is 11.8 Å². The molecule has 1 spiro atoms. The molecule has 1 fully saturated rings. The van der Waals surface area contributed by atoms with Gasteiger partial charge in [0.1, 0.15) is 11.4 Å². The van der Waals surface area contributed by atoms with Gasteiger partial charge in [0.15, 0.2) is 5.60 Å². The fourth-order valence-corrected chi connectivity index (χ4v) is 7.19. The molecule has 4 atom stereocenters. The zero-order valence-electron chi connectivity index (χ0n) is 27.0. The molecule has 2 aliphatic heterocycles. The number of amides is 2. The third kappa shape index (κ3) is 6.13. The molecule has 47 heavy (non-hydrogen) atoms. The van der Waals surface area contributed by atoms with E-state index in [1.54, 1.807) is 61.0 Å². The number of para-hydroxylation sites is 1. The third-order valence-corrected chi connectivity index (χ3v) is 9.37. The Bertz CT molecular complexity index is 1740. The molecule has 0 saturated carbocycles. The predicted octanol–water partition coefficient (Wildman–Crippen LogP) is 5.31. The van der Waals surface area contributed by atoms with Crippen molar-refractivity contribution in [3.63, 3.8) is 0 Å². The second kappa shape index (κ2) is 12.9. The molecule has 246 valence electrons. The number of nitrogens with one attached hydrogen (secondary N) is 1. The molecule has 4 aromatic rings. The summed E-state index contributed by atoms with van der Waals surface area (Å²) in [5.41, 5.74) is 1.19. The van der Waals surface area contributed by atoms with E-state index < -0.39 is 29.2 Å². The van der Waals surface area contributed by atoms with E-state index >= 15 is 4.39 Å². The molecular weight excluding hydrogens is 601 g/mol. The number of methoxy groups -OCH3 is 1. The Morgan fingerprint density at radius 3 is 2.51 bits per heavy atom. The van der Waals surface area contributed by atoms with Crippen LogP contribution in [0.4, 0.5) is 15.8 Å². The minimum Gasteiger partial charge on any atom is -0.497 e. The van der Waals surface area contributed by atoms with Crippen molar-refractivity contribution in [2.24, 2.45) is 11.8 Å². The predicted molar refractivity (Wildman–Crippen MR) is 175 cm³/mol. The van der Waals surface area contributed by atoms with E-state index in [4.69, 9.17) is 9.47 Å². The van der Waals surface area contributed by atoms with Crippen molar-refractivity contribution in [1.82, 2.24) is 15.0 Å². The number of ether oxygens (including phenoxy) is 2. The van der Waals surface area contributed by atoms with Crippen molar-refractivity contribution in [2.75, 3.05) is 23.9 Å². The van der Waals surface area contributed by atoms with Crippen molar-refractivity contribution >= 4 is 23.2 Å². The average Bonchev–Trinajstić information content (AvgIpc) is 3.71. The second-order valence-corrected chi connectivity index (χ2v) is 12.8. The fourth-order valence-electron chi connectivity index (χ4n) is 7.19. The van der Waals surface area contributed by atoms with Crippen LogP contribution in [0.25, 0.3) is 0 Å². The number of hydrogen-bond donors (Lipinski definition) is 2. The monoisotopic (exact) mass is 641 g/mol. The number of fused-ring (bicyclic) bond motifs is 2. The minimum absolute atomic E-state index is 0.0219. The highest BCUT2D eigenvalue weighted by Crippen LogP contribution is 2.58. The quantitative estimate of drug-likeness (QED) is 0.228. The zero-order chi connectivity index (χ0) is 33.3. The maximum absolute atomic E-state index is 16.0. The highest BCUT2D eigenvalue weighted by Gasteiger charge is 2.66.